The van der Waals surface area contributed by atoms with Crippen molar-refractivity contribution in [1.82, 2.24) is 9.38 Å². The average molecular weight is 199 g/mol. The lowest BCUT2D eigenvalue weighted by Crippen LogP contribution is -2.20. The Hall–Kier alpha value is -2.15. The summed E-state index contributed by atoms with van der Waals surface area (Å²) >= 11 is 0. The number of hydrogen-bond donors (Lipinski definition) is 0. The SMILES string of the molecule is CCc1nc2ccccn2c(=O)c1C#N. The second kappa shape index (κ2) is 3.54. The molecule has 0 aliphatic rings. The van der Waals surface area contributed by atoms with Gasteiger partial charge in [0.2, 0.25) is 0 Å². The topological polar surface area (TPSA) is 58.2 Å². The molecule has 0 fully saturated rings. The third kappa shape index (κ3) is 1.38. The maximum Gasteiger partial charge on any atom is 0.276 e. The summed E-state index contributed by atoms with van der Waals surface area (Å²) in [5, 5.41) is 8.89. The van der Waals surface area contributed by atoms with Crippen molar-refractivity contribution >= 4 is 5.65 Å². The molecule has 0 saturated heterocycles. The van der Waals surface area contributed by atoms with Gasteiger partial charge in [0.1, 0.15) is 17.3 Å². The molecule has 4 nitrogen and oxygen atoms in total. The second-order valence-corrected chi connectivity index (χ2v) is 3.13. The first-order valence-corrected chi connectivity index (χ1v) is 4.68. The molecule has 0 atom stereocenters. The van der Waals surface area contributed by atoms with Crippen molar-refractivity contribution in [3.8, 4) is 6.07 Å². The molecule has 0 unspecified atom stereocenters. The number of aromatic nitrogens is 2. The van der Waals surface area contributed by atoms with Crippen LogP contribution in [0.4, 0.5) is 0 Å². The lowest BCUT2D eigenvalue weighted by Gasteiger charge is -2.03. The van der Waals surface area contributed by atoms with E-state index in [-0.39, 0.29) is 11.1 Å². The number of pyridine rings is 1. The zero-order valence-electron chi connectivity index (χ0n) is 8.27. The quantitative estimate of drug-likeness (QED) is 0.691. The predicted octanol–water partition coefficient (Wildman–Crippen LogP) is 1.13. The fraction of sp³-hybridized carbons (Fsp3) is 0.182. The highest BCUT2D eigenvalue weighted by molar-refractivity contribution is 5.43. The third-order valence-electron chi connectivity index (χ3n) is 2.26. The molecule has 0 aromatic carbocycles. The molecule has 2 heterocycles. The van der Waals surface area contributed by atoms with Gasteiger partial charge in [-0.05, 0) is 18.6 Å². The lowest BCUT2D eigenvalue weighted by atomic mass is 10.2. The molecule has 2 aromatic rings. The smallest absolute Gasteiger partial charge is 0.267 e. The lowest BCUT2D eigenvalue weighted by molar-refractivity contribution is 0.952. The fourth-order valence-electron chi connectivity index (χ4n) is 1.50. The van der Waals surface area contributed by atoms with Gasteiger partial charge in [-0.1, -0.05) is 13.0 Å². The molecular weight excluding hydrogens is 190 g/mol. The summed E-state index contributed by atoms with van der Waals surface area (Å²) in [5.41, 5.74) is 0.994. The van der Waals surface area contributed by atoms with Crippen molar-refractivity contribution in [3.63, 3.8) is 0 Å². The van der Waals surface area contributed by atoms with Gasteiger partial charge in [0.05, 0.1) is 5.69 Å². The molecular formula is C11H9N3O. The highest BCUT2D eigenvalue weighted by Crippen LogP contribution is 2.04. The van der Waals surface area contributed by atoms with Crippen molar-refractivity contribution in [1.29, 1.82) is 5.26 Å². The summed E-state index contributed by atoms with van der Waals surface area (Å²) in [7, 11) is 0. The molecule has 15 heavy (non-hydrogen) atoms. The van der Waals surface area contributed by atoms with Crippen LogP contribution in [0, 0.1) is 11.3 Å². The first-order valence-electron chi connectivity index (χ1n) is 4.68. The Labute approximate surface area is 86.4 Å². The average Bonchev–Trinajstić information content (AvgIpc) is 2.29. The van der Waals surface area contributed by atoms with E-state index < -0.39 is 0 Å². The molecule has 4 heteroatoms. The summed E-state index contributed by atoms with van der Waals surface area (Å²) in [6.07, 6.45) is 2.20. The number of rotatable bonds is 1. The van der Waals surface area contributed by atoms with Gasteiger partial charge in [-0.25, -0.2) is 4.98 Å². The monoisotopic (exact) mass is 199 g/mol. The molecule has 0 radical (unpaired) electrons. The largest absolute Gasteiger partial charge is 0.276 e. The van der Waals surface area contributed by atoms with E-state index in [0.29, 0.717) is 17.8 Å². The Morgan fingerprint density at radius 1 is 1.53 bits per heavy atom. The fourth-order valence-corrected chi connectivity index (χ4v) is 1.50. The summed E-state index contributed by atoms with van der Waals surface area (Å²) in [6.45, 7) is 1.88. The van der Waals surface area contributed by atoms with Crippen molar-refractivity contribution < 1.29 is 0 Å². The summed E-state index contributed by atoms with van der Waals surface area (Å²) < 4.78 is 1.39. The Balaban J connectivity index is 2.96. The van der Waals surface area contributed by atoms with Gasteiger partial charge in [0.15, 0.2) is 0 Å². The van der Waals surface area contributed by atoms with Crippen LogP contribution in [0.3, 0.4) is 0 Å². The van der Waals surface area contributed by atoms with E-state index in [9.17, 15) is 4.79 Å². The molecule has 2 rings (SSSR count). The maximum absolute atomic E-state index is 11.8. The van der Waals surface area contributed by atoms with E-state index in [1.807, 2.05) is 19.1 Å². The van der Waals surface area contributed by atoms with Crippen LogP contribution in [0.1, 0.15) is 18.2 Å². The molecule has 0 bridgehead atoms. The molecule has 0 spiro atoms. The van der Waals surface area contributed by atoms with Crippen LogP contribution in [0.2, 0.25) is 0 Å². The van der Waals surface area contributed by atoms with Gasteiger partial charge in [-0.2, -0.15) is 5.26 Å². The van der Waals surface area contributed by atoms with E-state index in [0.717, 1.165) is 0 Å². The van der Waals surface area contributed by atoms with E-state index in [2.05, 4.69) is 4.98 Å². The van der Waals surface area contributed by atoms with Gasteiger partial charge >= 0.3 is 0 Å². The Morgan fingerprint density at radius 3 is 3.00 bits per heavy atom. The maximum atomic E-state index is 11.8. The van der Waals surface area contributed by atoms with Crippen molar-refractivity contribution in [2.45, 2.75) is 13.3 Å². The summed E-state index contributed by atoms with van der Waals surface area (Å²) in [6, 6.07) is 7.21. The van der Waals surface area contributed by atoms with Crippen molar-refractivity contribution in [2.24, 2.45) is 0 Å². The van der Waals surface area contributed by atoms with Crippen LogP contribution in [-0.2, 0) is 6.42 Å². The Morgan fingerprint density at radius 2 is 2.33 bits per heavy atom. The zero-order chi connectivity index (χ0) is 10.8. The predicted molar refractivity (Wildman–Crippen MR) is 55.6 cm³/mol. The van der Waals surface area contributed by atoms with Crippen LogP contribution in [0.5, 0.6) is 0 Å². The van der Waals surface area contributed by atoms with Crippen molar-refractivity contribution in [2.75, 3.05) is 0 Å². The Bertz CT molecular complexity index is 607. The highest BCUT2D eigenvalue weighted by Gasteiger charge is 2.09. The summed E-state index contributed by atoms with van der Waals surface area (Å²) in [4.78, 5) is 16.1. The van der Waals surface area contributed by atoms with Crippen LogP contribution in [0.15, 0.2) is 29.2 Å². The minimum Gasteiger partial charge on any atom is -0.267 e. The molecule has 0 aliphatic carbocycles. The molecule has 0 amide bonds. The number of hydrogen-bond acceptors (Lipinski definition) is 3. The minimum atomic E-state index is -0.292. The van der Waals surface area contributed by atoms with Gasteiger partial charge in [-0.3, -0.25) is 9.20 Å². The number of nitrogens with zero attached hydrogens (tertiary/aromatic N) is 3. The molecule has 0 aliphatic heterocycles. The minimum absolute atomic E-state index is 0.140. The van der Waals surface area contributed by atoms with Gasteiger partial charge in [-0.15, -0.1) is 0 Å². The Kier molecular flexibility index (Phi) is 2.22. The standard InChI is InChI=1S/C11H9N3O/c1-2-9-8(7-12)11(15)14-6-4-3-5-10(14)13-9/h3-6H,2H2,1H3. The molecule has 0 N–H and O–H groups in total. The van der Waals surface area contributed by atoms with Gasteiger partial charge in [0.25, 0.3) is 5.56 Å². The number of aryl methyl sites for hydroxylation is 1. The van der Waals surface area contributed by atoms with Gasteiger partial charge in [0, 0.05) is 6.20 Å². The molecule has 0 saturated carbocycles. The van der Waals surface area contributed by atoms with Crippen molar-refractivity contribution in [3.05, 3.63) is 46.0 Å². The second-order valence-electron chi connectivity index (χ2n) is 3.13. The highest BCUT2D eigenvalue weighted by atomic mass is 16.1. The molecule has 74 valence electrons. The first kappa shape index (κ1) is 9.41. The molecule has 2 aromatic heterocycles. The van der Waals surface area contributed by atoms with Crippen LogP contribution in [0.25, 0.3) is 5.65 Å². The first-order chi connectivity index (χ1) is 7.27. The normalized spacial score (nSPS) is 10.1. The summed E-state index contributed by atoms with van der Waals surface area (Å²) in [5.74, 6) is 0. The van der Waals surface area contributed by atoms with Crippen LogP contribution < -0.4 is 5.56 Å². The third-order valence-corrected chi connectivity index (χ3v) is 2.26. The zero-order valence-corrected chi connectivity index (χ0v) is 8.27. The number of fused-ring (bicyclic) bond motifs is 1. The van der Waals surface area contributed by atoms with E-state index >= 15 is 0 Å². The van der Waals surface area contributed by atoms with Crippen LogP contribution >= 0.6 is 0 Å². The van der Waals surface area contributed by atoms with Gasteiger partial charge < -0.3 is 0 Å². The van der Waals surface area contributed by atoms with E-state index in [4.69, 9.17) is 5.26 Å². The van der Waals surface area contributed by atoms with E-state index in [1.165, 1.54) is 4.40 Å². The van der Waals surface area contributed by atoms with E-state index in [1.54, 1.807) is 18.3 Å². The van der Waals surface area contributed by atoms with Crippen LogP contribution in [-0.4, -0.2) is 9.38 Å². The number of nitriles is 1.